The van der Waals surface area contributed by atoms with Crippen molar-refractivity contribution < 1.29 is 14.7 Å². The van der Waals surface area contributed by atoms with Gasteiger partial charge in [-0.05, 0) is 18.3 Å². The van der Waals surface area contributed by atoms with Gasteiger partial charge in [-0.25, -0.2) is 0 Å². The quantitative estimate of drug-likeness (QED) is 0.698. The van der Waals surface area contributed by atoms with Gasteiger partial charge in [0.25, 0.3) is 0 Å². The standard InChI is InChI=1S/C10H17NO3/c1-10(2)6-7(10)11-8(12)4-3-5-9(13)14/h7H,3-6H2,1-2H3,(H,11,12)(H,13,14). The first-order valence-electron chi connectivity index (χ1n) is 4.93. The Balaban J connectivity index is 2.09. The van der Waals surface area contributed by atoms with E-state index in [1.165, 1.54) is 0 Å². The number of hydrogen-bond donors (Lipinski definition) is 2. The number of nitrogens with one attached hydrogen (secondary N) is 1. The minimum Gasteiger partial charge on any atom is -0.481 e. The van der Waals surface area contributed by atoms with Crippen LogP contribution in [0.15, 0.2) is 0 Å². The lowest BCUT2D eigenvalue weighted by Gasteiger charge is -2.05. The average molecular weight is 199 g/mol. The van der Waals surface area contributed by atoms with Crippen LogP contribution in [0.25, 0.3) is 0 Å². The molecule has 80 valence electrons. The minimum atomic E-state index is -0.843. The highest BCUT2D eigenvalue weighted by molar-refractivity contribution is 5.77. The van der Waals surface area contributed by atoms with Gasteiger partial charge >= 0.3 is 5.97 Å². The van der Waals surface area contributed by atoms with Crippen molar-refractivity contribution in [3.8, 4) is 0 Å². The molecule has 14 heavy (non-hydrogen) atoms. The van der Waals surface area contributed by atoms with Gasteiger partial charge in [0.05, 0.1) is 0 Å². The molecule has 0 aromatic heterocycles. The Kier molecular flexibility index (Phi) is 3.13. The fraction of sp³-hybridized carbons (Fsp3) is 0.800. The molecule has 4 nitrogen and oxygen atoms in total. The molecule has 0 bridgehead atoms. The molecule has 0 aromatic rings. The summed E-state index contributed by atoms with van der Waals surface area (Å²) in [5, 5.41) is 11.3. The number of aliphatic carboxylic acids is 1. The van der Waals surface area contributed by atoms with Gasteiger partial charge in [-0.2, -0.15) is 0 Å². The van der Waals surface area contributed by atoms with Gasteiger partial charge in [0.2, 0.25) is 5.91 Å². The maximum Gasteiger partial charge on any atom is 0.303 e. The molecule has 1 fully saturated rings. The molecule has 0 saturated heterocycles. The van der Waals surface area contributed by atoms with E-state index >= 15 is 0 Å². The largest absolute Gasteiger partial charge is 0.481 e. The zero-order valence-corrected chi connectivity index (χ0v) is 8.67. The van der Waals surface area contributed by atoms with Crippen molar-refractivity contribution in [2.45, 2.75) is 45.6 Å². The van der Waals surface area contributed by atoms with E-state index < -0.39 is 5.97 Å². The van der Waals surface area contributed by atoms with Crippen LogP contribution in [-0.4, -0.2) is 23.0 Å². The predicted octanol–water partition coefficient (Wildman–Crippen LogP) is 1.16. The molecule has 1 amide bonds. The molecule has 2 N–H and O–H groups in total. The van der Waals surface area contributed by atoms with Crippen molar-refractivity contribution in [3.05, 3.63) is 0 Å². The van der Waals surface area contributed by atoms with Crippen molar-refractivity contribution in [2.75, 3.05) is 0 Å². The van der Waals surface area contributed by atoms with Crippen LogP contribution in [0.5, 0.6) is 0 Å². The number of carboxylic acid groups (broad SMARTS) is 1. The molecule has 0 heterocycles. The molecular weight excluding hydrogens is 182 g/mol. The summed E-state index contributed by atoms with van der Waals surface area (Å²) in [6.45, 7) is 4.21. The monoisotopic (exact) mass is 199 g/mol. The summed E-state index contributed by atoms with van der Waals surface area (Å²) in [7, 11) is 0. The lowest BCUT2D eigenvalue weighted by atomic mass is 10.2. The smallest absolute Gasteiger partial charge is 0.303 e. The maximum absolute atomic E-state index is 11.3. The summed E-state index contributed by atoms with van der Waals surface area (Å²) in [6, 6.07) is 0.292. The summed E-state index contributed by atoms with van der Waals surface area (Å²) in [6.07, 6.45) is 1.84. The molecule has 0 radical (unpaired) electrons. The molecule has 1 aliphatic carbocycles. The van der Waals surface area contributed by atoms with Gasteiger partial charge in [0.15, 0.2) is 0 Å². The third-order valence-corrected chi connectivity index (χ3v) is 2.64. The van der Waals surface area contributed by atoms with Crippen LogP contribution in [0.1, 0.15) is 39.5 Å². The van der Waals surface area contributed by atoms with E-state index in [-0.39, 0.29) is 17.7 Å². The van der Waals surface area contributed by atoms with Gasteiger partial charge in [-0.15, -0.1) is 0 Å². The van der Waals surface area contributed by atoms with Gasteiger partial charge in [0, 0.05) is 18.9 Å². The van der Waals surface area contributed by atoms with Crippen LogP contribution in [0.2, 0.25) is 0 Å². The Bertz CT molecular complexity index is 248. The highest BCUT2D eigenvalue weighted by Gasteiger charge is 2.46. The molecular formula is C10H17NO3. The van der Waals surface area contributed by atoms with Gasteiger partial charge in [0.1, 0.15) is 0 Å². The van der Waals surface area contributed by atoms with Crippen LogP contribution >= 0.6 is 0 Å². The third kappa shape index (κ3) is 3.36. The molecule has 1 aliphatic rings. The van der Waals surface area contributed by atoms with Crippen molar-refractivity contribution in [3.63, 3.8) is 0 Å². The second-order valence-corrected chi connectivity index (χ2v) is 4.56. The normalized spacial score (nSPS) is 22.9. The van der Waals surface area contributed by atoms with Gasteiger partial charge in [-0.1, -0.05) is 13.8 Å². The number of amides is 1. The Morgan fingerprint density at radius 3 is 2.43 bits per heavy atom. The van der Waals surface area contributed by atoms with E-state index in [1.807, 2.05) is 0 Å². The van der Waals surface area contributed by atoms with Crippen molar-refractivity contribution in [1.29, 1.82) is 0 Å². The molecule has 0 aliphatic heterocycles. The van der Waals surface area contributed by atoms with E-state index in [0.29, 0.717) is 18.9 Å². The SMILES string of the molecule is CC1(C)CC1NC(=O)CCCC(=O)O. The molecule has 0 spiro atoms. The van der Waals surface area contributed by atoms with Crippen LogP contribution < -0.4 is 5.32 Å². The Hall–Kier alpha value is -1.06. The first kappa shape index (κ1) is 11.0. The maximum atomic E-state index is 11.3. The van der Waals surface area contributed by atoms with Crippen molar-refractivity contribution >= 4 is 11.9 Å². The predicted molar refractivity (Wildman–Crippen MR) is 51.8 cm³/mol. The summed E-state index contributed by atoms with van der Waals surface area (Å²) in [5.41, 5.74) is 0.239. The summed E-state index contributed by atoms with van der Waals surface area (Å²) in [4.78, 5) is 21.4. The Labute approximate surface area is 83.7 Å². The first-order chi connectivity index (χ1) is 6.42. The van der Waals surface area contributed by atoms with E-state index in [4.69, 9.17) is 5.11 Å². The molecule has 0 aromatic carbocycles. The number of carbonyl (C=O) groups is 2. The zero-order valence-electron chi connectivity index (χ0n) is 8.67. The highest BCUT2D eigenvalue weighted by atomic mass is 16.4. The van der Waals surface area contributed by atoms with Crippen LogP contribution in [0.4, 0.5) is 0 Å². The topological polar surface area (TPSA) is 66.4 Å². The second kappa shape index (κ2) is 3.98. The van der Waals surface area contributed by atoms with Crippen LogP contribution in [0, 0.1) is 5.41 Å². The Morgan fingerprint density at radius 1 is 1.43 bits per heavy atom. The van der Waals surface area contributed by atoms with E-state index in [2.05, 4.69) is 19.2 Å². The highest BCUT2D eigenvalue weighted by Crippen LogP contribution is 2.44. The summed E-state index contributed by atoms with van der Waals surface area (Å²) < 4.78 is 0. The molecule has 4 heteroatoms. The molecule has 1 unspecified atom stereocenters. The van der Waals surface area contributed by atoms with E-state index in [1.54, 1.807) is 0 Å². The number of carbonyl (C=O) groups excluding carboxylic acids is 1. The zero-order chi connectivity index (χ0) is 10.8. The molecule has 1 rings (SSSR count). The Morgan fingerprint density at radius 2 is 2.00 bits per heavy atom. The number of hydrogen-bond acceptors (Lipinski definition) is 2. The first-order valence-corrected chi connectivity index (χ1v) is 4.93. The fourth-order valence-electron chi connectivity index (χ4n) is 1.38. The average Bonchev–Trinajstić information content (AvgIpc) is 2.57. The summed E-state index contributed by atoms with van der Waals surface area (Å²) in [5.74, 6) is -0.869. The van der Waals surface area contributed by atoms with Crippen LogP contribution in [-0.2, 0) is 9.59 Å². The van der Waals surface area contributed by atoms with E-state index in [0.717, 1.165) is 6.42 Å². The van der Waals surface area contributed by atoms with Gasteiger partial charge < -0.3 is 10.4 Å². The lowest BCUT2D eigenvalue weighted by molar-refractivity contribution is -0.137. The number of carboxylic acids is 1. The summed E-state index contributed by atoms with van der Waals surface area (Å²) >= 11 is 0. The van der Waals surface area contributed by atoms with Crippen molar-refractivity contribution in [2.24, 2.45) is 5.41 Å². The molecule has 1 saturated carbocycles. The second-order valence-electron chi connectivity index (χ2n) is 4.56. The number of rotatable bonds is 5. The lowest BCUT2D eigenvalue weighted by Crippen LogP contribution is -2.28. The minimum absolute atomic E-state index is 0.0261. The fourth-order valence-corrected chi connectivity index (χ4v) is 1.38. The molecule has 1 atom stereocenters. The van der Waals surface area contributed by atoms with Gasteiger partial charge in [-0.3, -0.25) is 9.59 Å². The van der Waals surface area contributed by atoms with E-state index in [9.17, 15) is 9.59 Å². The third-order valence-electron chi connectivity index (χ3n) is 2.64. The van der Waals surface area contributed by atoms with Crippen LogP contribution in [0.3, 0.4) is 0 Å². The van der Waals surface area contributed by atoms with Crippen molar-refractivity contribution in [1.82, 2.24) is 5.32 Å².